The van der Waals surface area contributed by atoms with Gasteiger partial charge in [-0.05, 0) is 49.2 Å². The molecule has 0 unspecified atom stereocenters. The van der Waals surface area contributed by atoms with Crippen molar-refractivity contribution in [2.75, 3.05) is 18.2 Å². The largest absolute Gasteiger partial charge is 0.496 e. The van der Waals surface area contributed by atoms with Gasteiger partial charge in [-0.3, -0.25) is 0 Å². The van der Waals surface area contributed by atoms with Crippen molar-refractivity contribution in [3.63, 3.8) is 0 Å². The molecule has 0 heterocycles. The third-order valence-electron chi connectivity index (χ3n) is 3.06. The Kier molecular flexibility index (Phi) is 3.60. The Hall–Kier alpha value is -2.23. The molecule has 2 aromatic rings. The lowest BCUT2D eigenvalue weighted by atomic mass is 10.1. The second-order valence-corrected chi connectivity index (χ2v) is 4.46. The molecule has 0 spiro atoms. The van der Waals surface area contributed by atoms with Gasteiger partial charge in [0.2, 0.25) is 0 Å². The number of hydrogen-bond acceptors (Lipinski definition) is 3. The van der Waals surface area contributed by atoms with Crippen molar-refractivity contribution in [3.8, 4) is 5.75 Å². The lowest BCUT2D eigenvalue weighted by Crippen LogP contribution is -2.01. The average Bonchev–Trinajstić information content (AvgIpc) is 2.38. The smallest absolute Gasteiger partial charge is 0.148 e. The SMILES string of the molecule is COc1cc(C)c(Nc2cccc(F)c2N)cc1C. The third kappa shape index (κ3) is 2.62. The van der Waals surface area contributed by atoms with Crippen LogP contribution in [-0.4, -0.2) is 7.11 Å². The summed E-state index contributed by atoms with van der Waals surface area (Å²) in [5.41, 5.74) is 9.29. The zero-order valence-corrected chi connectivity index (χ0v) is 11.3. The van der Waals surface area contributed by atoms with Crippen LogP contribution in [0.3, 0.4) is 0 Å². The predicted molar refractivity (Wildman–Crippen MR) is 76.6 cm³/mol. The molecule has 0 atom stereocenters. The summed E-state index contributed by atoms with van der Waals surface area (Å²) in [6.07, 6.45) is 0. The van der Waals surface area contributed by atoms with Crippen LogP contribution in [0.15, 0.2) is 30.3 Å². The Labute approximate surface area is 112 Å². The summed E-state index contributed by atoms with van der Waals surface area (Å²) in [4.78, 5) is 0. The van der Waals surface area contributed by atoms with Crippen LogP contribution in [0.2, 0.25) is 0 Å². The molecule has 0 aliphatic rings. The second-order valence-electron chi connectivity index (χ2n) is 4.46. The standard InChI is InChI=1S/C15H17FN2O/c1-9-8-14(19-3)10(2)7-13(9)18-12-6-4-5-11(16)15(12)17/h4-8,18H,17H2,1-3H3. The Morgan fingerprint density at radius 3 is 2.53 bits per heavy atom. The van der Waals surface area contributed by atoms with E-state index in [4.69, 9.17) is 10.5 Å². The van der Waals surface area contributed by atoms with E-state index in [0.717, 1.165) is 22.6 Å². The second kappa shape index (κ2) is 5.18. The van der Waals surface area contributed by atoms with Gasteiger partial charge in [-0.2, -0.15) is 0 Å². The van der Waals surface area contributed by atoms with Gasteiger partial charge in [-0.15, -0.1) is 0 Å². The monoisotopic (exact) mass is 260 g/mol. The van der Waals surface area contributed by atoms with E-state index in [9.17, 15) is 4.39 Å². The number of ether oxygens (including phenoxy) is 1. The lowest BCUT2D eigenvalue weighted by molar-refractivity contribution is 0.411. The zero-order valence-electron chi connectivity index (χ0n) is 11.3. The highest BCUT2D eigenvalue weighted by atomic mass is 19.1. The van der Waals surface area contributed by atoms with E-state index in [1.165, 1.54) is 6.07 Å². The van der Waals surface area contributed by atoms with Gasteiger partial charge >= 0.3 is 0 Å². The van der Waals surface area contributed by atoms with Gasteiger partial charge in [0.15, 0.2) is 0 Å². The highest BCUT2D eigenvalue weighted by molar-refractivity contribution is 5.75. The molecule has 0 aromatic heterocycles. The van der Waals surface area contributed by atoms with Crippen LogP contribution in [-0.2, 0) is 0 Å². The van der Waals surface area contributed by atoms with Gasteiger partial charge < -0.3 is 15.8 Å². The zero-order chi connectivity index (χ0) is 14.0. The lowest BCUT2D eigenvalue weighted by Gasteiger charge is -2.14. The number of para-hydroxylation sites is 1. The molecule has 0 radical (unpaired) electrons. The number of nitrogens with one attached hydrogen (secondary N) is 1. The van der Waals surface area contributed by atoms with E-state index in [1.807, 2.05) is 26.0 Å². The number of rotatable bonds is 3. The molecule has 2 rings (SSSR count). The van der Waals surface area contributed by atoms with Crippen molar-refractivity contribution in [1.29, 1.82) is 0 Å². The number of benzene rings is 2. The molecule has 3 nitrogen and oxygen atoms in total. The fourth-order valence-corrected chi connectivity index (χ4v) is 1.94. The first-order valence-electron chi connectivity index (χ1n) is 5.99. The highest BCUT2D eigenvalue weighted by Gasteiger charge is 2.08. The van der Waals surface area contributed by atoms with E-state index >= 15 is 0 Å². The molecule has 2 aromatic carbocycles. The van der Waals surface area contributed by atoms with Crippen molar-refractivity contribution in [2.24, 2.45) is 0 Å². The Morgan fingerprint density at radius 2 is 1.84 bits per heavy atom. The Bertz CT molecular complexity index is 611. The molecule has 19 heavy (non-hydrogen) atoms. The molecule has 0 aliphatic heterocycles. The summed E-state index contributed by atoms with van der Waals surface area (Å²) in [6.45, 7) is 3.91. The van der Waals surface area contributed by atoms with Crippen LogP contribution in [0.5, 0.6) is 5.75 Å². The number of nitrogen functional groups attached to an aromatic ring is 1. The van der Waals surface area contributed by atoms with Gasteiger partial charge in [0.1, 0.15) is 11.6 Å². The van der Waals surface area contributed by atoms with Crippen molar-refractivity contribution in [3.05, 3.63) is 47.3 Å². The summed E-state index contributed by atoms with van der Waals surface area (Å²) in [6, 6.07) is 8.61. The number of nitrogens with two attached hydrogens (primary N) is 1. The average molecular weight is 260 g/mol. The van der Waals surface area contributed by atoms with E-state index in [1.54, 1.807) is 19.2 Å². The molecule has 0 amide bonds. The molecular formula is C15H17FN2O. The summed E-state index contributed by atoms with van der Waals surface area (Å²) in [5, 5.41) is 3.15. The quantitative estimate of drug-likeness (QED) is 0.826. The Balaban J connectivity index is 2.38. The van der Waals surface area contributed by atoms with Crippen molar-refractivity contribution in [2.45, 2.75) is 13.8 Å². The van der Waals surface area contributed by atoms with E-state index < -0.39 is 5.82 Å². The van der Waals surface area contributed by atoms with Crippen LogP contribution in [0.1, 0.15) is 11.1 Å². The summed E-state index contributed by atoms with van der Waals surface area (Å²) >= 11 is 0. The van der Waals surface area contributed by atoms with Gasteiger partial charge in [-0.25, -0.2) is 4.39 Å². The minimum atomic E-state index is -0.423. The van der Waals surface area contributed by atoms with Gasteiger partial charge in [0.25, 0.3) is 0 Å². The number of anilines is 3. The molecule has 0 fully saturated rings. The number of aryl methyl sites for hydroxylation is 2. The van der Waals surface area contributed by atoms with Crippen LogP contribution in [0.4, 0.5) is 21.5 Å². The first kappa shape index (κ1) is 13.2. The minimum absolute atomic E-state index is 0.121. The minimum Gasteiger partial charge on any atom is -0.496 e. The van der Waals surface area contributed by atoms with Gasteiger partial charge in [0, 0.05) is 5.69 Å². The fraction of sp³-hybridized carbons (Fsp3) is 0.200. The highest BCUT2D eigenvalue weighted by Crippen LogP contribution is 2.30. The maximum Gasteiger partial charge on any atom is 0.148 e. The van der Waals surface area contributed by atoms with Crippen LogP contribution >= 0.6 is 0 Å². The first-order valence-corrected chi connectivity index (χ1v) is 5.99. The van der Waals surface area contributed by atoms with Crippen molar-refractivity contribution in [1.82, 2.24) is 0 Å². The summed E-state index contributed by atoms with van der Waals surface area (Å²) in [5.74, 6) is 0.406. The molecule has 0 aliphatic carbocycles. The molecule has 0 saturated carbocycles. The molecule has 100 valence electrons. The van der Waals surface area contributed by atoms with Crippen molar-refractivity contribution < 1.29 is 9.13 Å². The molecule has 4 heteroatoms. The maximum absolute atomic E-state index is 13.4. The van der Waals surface area contributed by atoms with E-state index in [2.05, 4.69) is 5.32 Å². The van der Waals surface area contributed by atoms with Gasteiger partial charge in [-0.1, -0.05) is 6.07 Å². The first-order chi connectivity index (χ1) is 9.02. The third-order valence-corrected chi connectivity index (χ3v) is 3.06. The van der Waals surface area contributed by atoms with E-state index in [-0.39, 0.29) is 5.69 Å². The molecule has 3 N–H and O–H groups in total. The fourth-order valence-electron chi connectivity index (χ4n) is 1.94. The van der Waals surface area contributed by atoms with E-state index in [0.29, 0.717) is 5.69 Å². The maximum atomic E-state index is 13.4. The predicted octanol–water partition coefficient (Wildman–Crippen LogP) is 3.78. The van der Waals surface area contributed by atoms with Crippen LogP contribution in [0.25, 0.3) is 0 Å². The topological polar surface area (TPSA) is 47.3 Å². The number of methoxy groups -OCH3 is 1. The summed E-state index contributed by atoms with van der Waals surface area (Å²) in [7, 11) is 1.64. The van der Waals surface area contributed by atoms with Crippen LogP contribution < -0.4 is 15.8 Å². The van der Waals surface area contributed by atoms with Crippen LogP contribution in [0, 0.1) is 19.7 Å². The van der Waals surface area contributed by atoms with Crippen molar-refractivity contribution >= 4 is 17.1 Å². The number of halogens is 1. The molecule has 0 saturated heterocycles. The number of hydrogen-bond donors (Lipinski definition) is 2. The normalized spacial score (nSPS) is 10.3. The molecular weight excluding hydrogens is 243 g/mol. The summed E-state index contributed by atoms with van der Waals surface area (Å²) < 4.78 is 18.7. The Morgan fingerprint density at radius 1 is 1.11 bits per heavy atom. The molecule has 0 bridgehead atoms. The van der Waals surface area contributed by atoms with Gasteiger partial charge in [0.05, 0.1) is 18.5 Å².